The summed E-state index contributed by atoms with van der Waals surface area (Å²) in [5, 5.41) is 1.22. The summed E-state index contributed by atoms with van der Waals surface area (Å²) >= 11 is 9.23. The molecular formula is C9H14ClN3S2. The Kier molecular flexibility index (Phi) is 5.56. The zero-order valence-electron chi connectivity index (χ0n) is 9.03. The molecule has 1 heterocycles. The molecule has 0 aromatic carbocycles. The van der Waals surface area contributed by atoms with Gasteiger partial charge in [0.25, 0.3) is 0 Å². The molecular weight excluding hydrogens is 250 g/mol. The first kappa shape index (κ1) is 12.9. The van der Waals surface area contributed by atoms with E-state index < -0.39 is 0 Å². The number of nitrogens with zero attached hydrogens (tertiary/aromatic N) is 3. The highest BCUT2D eigenvalue weighted by atomic mass is 35.5. The third-order valence-electron chi connectivity index (χ3n) is 1.87. The fraction of sp³-hybridized carbons (Fsp3) is 0.556. The van der Waals surface area contributed by atoms with Crippen LogP contribution in [-0.4, -0.2) is 41.8 Å². The van der Waals surface area contributed by atoms with Crippen molar-refractivity contribution < 1.29 is 0 Å². The van der Waals surface area contributed by atoms with Crippen molar-refractivity contribution in [1.29, 1.82) is 0 Å². The Hall–Kier alpha value is -0.130. The van der Waals surface area contributed by atoms with Crippen LogP contribution in [0.5, 0.6) is 0 Å². The maximum Gasteiger partial charge on any atom is 0.190 e. The summed E-state index contributed by atoms with van der Waals surface area (Å²) in [6, 6.07) is 1.79. The number of anilines is 1. The molecule has 0 saturated heterocycles. The third-order valence-corrected chi connectivity index (χ3v) is 3.20. The first-order chi connectivity index (χ1) is 7.17. The second kappa shape index (κ2) is 6.45. The summed E-state index contributed by atoms with van der Waals surface area (Å²) < 4.78 is 0. The molecule has 84 valence electrons. The minimum absolute atomic E-state index is 0.500. The standard InChI is InChI=1S/C9H14ClN3S2/c1-13(4-5-14-2)8-6-7(10)11-9(12-8)15-3/h6H,4-5H2,1-3H3. The molecule has 0 atom stereocenters. The van der Waals surface area contributed by atoms with Crippen LogP contribution in [-0.2, 0) is 0 Å². The van der Waals surface area contributed by atoms with Gasteiger partial charge in [0.1, 0.15) is 11.0 Å². The minimum atomic E-state index is 0.500. The zero-order valence-corrected chi connectivity index (χ0v) is 11.4. The molecule has 1 aromatic heterocycles. The van der Waals surface area contributed by atoms with Crippen LogP contribution in [0.2, 0.25) is 5.15 Å². The summed E-state index contributed by atoms with van der Waals surface area (Å²) in [5.41, 5.74) is 0. The second-order valence-corrected chi connectivity index (χ2v) is 5.10. The maximum atomic E-state index is 5.91. The molecule has 15 heavy (non-hydrogen) atoms. The molecule has 0 aliphatic rings. The molecule has 1 rings (SSSR count). The van der Waals surface area contributed by atoms with Crippen molar-refractivity contribution >= 4 is 40.9 Å². The Bertz CT molecular complexity index is 322. The van der Waals surface area contributed by atoms with Gasteiger partial charge in [0.15, 0.2) is 5.16 Å². The highest BCUT2D eigenvalue weighted by Gasteiger charge is 2.06. The molecule has 0 fully saturated rings. The van der Waals surface area contributed by atoms with Crippen LogP contribution in [0.15, 0.2) is 11.2 Å². The van der Waals surface area contributed by atoms with Gasteiger partial charge in [-0.1, -0.05) is 23.4 Å². The fourth-order valence-electron chi connectivity index (χ4n) is 1.02. The van der Waals surface area contributed by atoms with Crippen LogP contribution in [0.1, 0.15) is 0 Å². The van der Waals surface area contributed by atoms with Gasteiger partial charge in [-0.2, -0.15) is 11.8 Å². The van der Waals surface area contributed by atoms with Gasteiger partial charge in [0.05, 0.1) is 0 Å². The average molecular weight is 264 g/mol. The molecule has 0 amide bonds. The normalized spacial score (nSPS) is 10.4. The molecule has 0 unspecified atom stereocenters. The van der Waals surface area contributed by atoms with Crippen molar-refractivity contribution in [1.82, 2.24) is 9.97 Å². The number of hydrogen-bond donors (Lipinski definition) is 0. The van der Waals surface area contributed by atoms with E-state index in [2.05, 4.69) is 21.1 Å². The Morgan fingerprint density at radius 3 is 2.73 bits per heavy atom. The molecule has 0 spiro atoms. The van der Waals surface area contributed by atoms with E-state index in [1.54, 1.807) is 6.07 Å². The lowest BCUT2D eigenvalue weighted by Crippen LogP contribution is -2.21. The summed E-state index contributed by atoms with van der Waals surface area (Å²) in [6.07, 6.45) is 4.03. The summed E-state index contributed by atoms with van der Waals surface area (Å²) in [6.45, 7) is 0.961. The molecule has 3 nitrogen and oxygen atoms in total. The quantitative estimate of drug-likeness (QED) is 0.463. The number of thioether (sulfide) groups is 2. The van der Waals surface area contributed by atoms with Crippen LogP contribution >= 0.6 is 35.1 Å². The highest BCUT2D eigenvalue weighted by molar-refractivity contribution is 7.98. The smallest absolute Gasteiger partial charge is 0.190 e. The molecule has 0 N–H and O–H groups in total. The summed E-state index contributed by atoms with van der Waals surface area (Å²) in [5.74, 6) is 1.96. The van der Waals surface area contributed by atoms with Gasteiger partial charge in [0.2, 0.25) is 0 Å². The fourth-order valence-corrected chi connectivity index (χ4v) is 2.07. The van der Waals surface area contributed by atoms with E-state index in [9.17, 15) is 0 Å². The molecule has 0 aliphatic carbocycles. The van der Waals surface area contributed by atoms with Crippen molar-refractivity contribution in [3.63, 3.8) is 0 Å². The number of aromatic nitrogens is 2. The maximum absolute atomic E-state index is 5.91. The van der Waals surface area contributed by atoms with E-state index in [0.717, 1.165) is 18.1 Å². The van der Waals surface area contributed by atoms with Crippen molar-refractivity contribution in [3.8, 4) is 0 Å². The van der Waals surface area contributed by atoms with Crippen LogP contribution < -0.4 is 4.90 Å². The predicted molar refractivity (Wildman–Crippen MR) is 70.5 cm³/mol. The van der Waals surface area contributed by atoms with Gasteiger partial charge in [0, 0.05) is 25.4 Å². The number of rotatable bonds is 5. The van der Waals surface area contributed by atoms with Crippen molar-refractivity contribution in [2.75, 3.05) is 36.8 Å². The van der Waals surface area contributed by atoms with Gasteiger partial charge in [-0.3, -0.25) is 0 Å². The monoisotopic (exact) mass is 263 g/mol. The molecule has 0 aliphatic heterocycles. The lowest BCUT2D eigenvalue weighted by molar-refractivity contribution is 0.886. The first-order valence-electron chi connectivity index (χ1n) is 4.46. The predicted octanol–water partition coefficient (Wildman–Crippen LogP) is 2.65. The average Bonchev–Trinajstić information content (AvgIpc) is 2.24. The van der Waals surface area contributed by atoms with E-state index >= 15 is 0 Å². The van der Waals surface area contributed by atoms with Gasteiger partial charge < -0.3 is 4.90 Å². The van der Waals surface area contributed by atoms with Gasteiger partial charge in [-0.15, -0.1) is 0 Å². The van der Waals surface area contributed by atoms with Gasteiger partial charge in [-0.25, -0.2) is 9.97 Å². The van der Waals surface area contributed by atoms with Gasteiger partial charge in [-0.05, 0) is 12.5 Å². The van der Waals surface area contributed by atoms with E-state index in [4.69, 9.17) is 11.6 Å². The molecule has 0 saturated carbocycles. The highest BCUT2D eigenvalue weighted by Crippen LogP contribution is 2.19. The Morgan fingerprint density at radius 1 is 1.40 bits per heavy atom. The Balaban J connectivity index is 2.78. The minimum Gasteiger partial charge on any atom is -0.359 e. The lowest BCUT2D eigenvalue weighted by Gasteiger charge is -2.17. The third kappa shape index (κ3) is 4.09. The van der Waals surface area contributed by atoms with Crippen molar-refractivity contribution in [3.05, 3.63) is 11.2 Å². The van der Waals surface area contributed by atoms with E-state index in [0.29, 0.717) is 10.3 Å². The first-order valence-corrected chi connectivity index (χ1v) is 7.45. The van der Waals surface area contributed by atoms with E-state index in [-0.39, 0.29) is 0 Å². The van der Waals surface area contributed by atoms with Crippen molar-refractivity contribution in [2.24, 2.45) is 0 Å². The molecule has 0 bridgehead atoms. The zero-order chi connectivity index (χ0) is 11.3. The van der Waals surface area contributed by atoms with Crippen LogP contribution in [0.25, 0.3) is 0 Å². The molecule has 0 radical (unpaired) electrons. The van der Waals surface area contributed by atoms with E-state index in [1.807, 2.05) is 25.1 Å². The van der Waals surface area contributed by atoms with Crippen LogP contribution in [0.4, 0.5) is 5.82 Å². The number of halogens is 1. The van der Waals surface area contributed by atoms with Crippen molar-refractivity contribution in [2.45, 2.75) is 5.16 Å². The largest absolute Gasteiger partial charge is 0.359 e. The summed E-state index contributed by atoms with van der Waals surface area (Å²) in [4.78, 5) is 10.6. The molecule has 1 aromatic rings. The van der Waals surface area contributed by atoms with E-state index in [1.165, 1.54) is 11.8 Å². The Labute approximate surface area is 104 Å². The topological polar surface area (TPSA) is 29.0 Å². The second-order valence-electron chi connectivity index (χ2n) is 2.95. The number of hydrogen-bond acceptors (Lipinski definition) is 5. The SMILES string of the molecule is CSCCN(C)c1cc(Cl)nc(SC)n1. The van der Waals surface area contributed by atoms with Crippen LogP contribution in [0, 0.1) is 0 Å². The van der Waals surface area contributed by atoms with Crippen LogP contribution in [0.3, 0.4) is 0 Å². The van der Waals surface area contributed by atoms with Gasteiger partial charge >= 0.3 is 0 Å². The summed E-state index contributed by atoms with van der Waals surface area (Å²) in [7, 11) is 2.01. The Morgan fingerprint density at radius 2 is 2.13 bits per heavy atom. The molecule has 6 heteroatoms. The lowest BCUT2D eigenvalue weighted by atomic mass is 10.5.